The van der Waals surface area contributed by atoms with Gasteiger partial charge in [-0.05, 0) is 30.7 Å². The number of pyridine rings is 1. The molecular weight excluding hydrogens is 266 g/mol. The molecule has 2 heterocycles. The summed E-state index contributed by atoms with van der Waals surface area (Å²) in [5, 5.41) is 10.4. The van der Waals surface area contributed by atoms with Crippen LogP contribution in [0, 0.1) is 6.92 Å². The monoisotopic (exact) mass is 281 g/mol. The predicted molar refractivity (Wildman–Crippen MR) is 80.2 cm³/mol. The zero-order chi connectivity index (χ0) is 14.8. The highest BCUT2D eigenvalue weighted by Crippen LogP contribution is 2.24. The van der Waals surface area contributed by atoms with Crippen LogP contribution in [0.3, 0.4) is 0 Å². The van der Waals surface area contributed by atoms with Crippen LogP contribution in [0.2, 0.25) is 0 Å². The van der Waals surface area contributed by atoms with E-state index in [1.165, 1.54) is 0 Å². The maximum absolute atomic E-state index is 12.2. The number of fused-ring (bicyclic) bond motifs is 1. The lowest BCUT2D eigenvalue weighted by atomic mass is 10.1. The van der Waals surface area contributed by atoms with Crippen molar-refractivity contribution in [3.05, 3.63) is 47.7 Å². The number of aromatic amines is 1. The Morgan fingerprint density at radius 2 is 2.19 bits per heavy atom. The summed E-state index contributed by atoms with van der Waals surface area (Å²) in [7, 11) is 0. The van der Waals surface area contributed by atoms with Gasteiger partial charge in [0.2, 0.25) is 5.82 Å². The number of carbonyl (C=O) groups is 1. The minimum atomic E-state index is -0.333. The summed E-state index contributed by atoms with van der Waals surface area (Å²) in [6, 6.07) is 7.57. The second-order valence-corrected chi connectivity index (χ2v) is 4.74. The highest BCUT2D eigenvalue weighted by molar-refractivity contribution is 6.07. The Labute approximate surface area is 121 Å². The maximum Gasteiger partial charge on any atom is 0.295 e. The molecule has 0 aliphatic heterocycles. The summed E-state index contributed by atoms with van der Waals surface area (Å²) in [5.74, 6) is 0.500. The van der Waals surface area contributed by atoms with Crippen molar-refractivity contribution < 1.29 is 4.79 Å². The number of aromatic nitrogens is 4. The molecule has 21 heavy (non-hydrogen) atoms. The third-order valence-corrected chi connectivity index (χ3v) is 3.29. The lowest BCUT2D eigenvalue weighted by Crippen LogP contribution is -2.14. The number of nitrogens with zero attached hydrogens (tertiary/aromatic N) is 3. The van der Waals surface area contributed by atoms with E-state index in [2.05, 4.69) is 25.5 Å². The van der Waals surface area contributed by atoms with E-state index >= 15 is 0 Å². The molecule has 3 rings (SSSR count). The highest BCUT2D eigenvalue weighted by Gasteiger charge is 2.14. The lowest BCUT2D eigenvalue weighted by Gasteiger charge is -2.08. The van der Waals surface area contributed by atoms with E-state index in [0.29, 0.717) is 17.9 Å². The first-order valence-corrected chi connectivity index (χ1v) is 6.76. The first-order valence-electron chi connectivity index (χ1n) is 6.76. The molecule has 0 radical (unpaired) electrons. The molecule has 0 spiro atoms. The third kappa shape index (κ3) is 2.47. The summed E-state index contributed by atoms with van der Waals surface area (Å²) in [4.78, 5) is 20.7. The van der Waals surface area contributed by atoms with Crippen LogP contribution in [0.5, 0.6) is 0 Å². The molecule has 2 aromatic heterocycles. The van der Waals surface area contributed by atoms with E-state index in [1.807, 2.05) is 38.1 Å². The predicted octanol–water partition coefficient (Wildman–Crippen LogP) is 2.48. The molecule has 1 aromatic carbocycles. The van der Waals surface area contributed by atoms with E-state index in [1.54, 1.807) is 6.20 Å². The van der Waals surface area contributed by atoms with Crippen LogP contribution in [0.25, 0.3) is 10.9 Å². The Morgan fingerprint density at radius 3 is 2.95 bits per heavy atom. The number of hydrogen-bond donors (Lipinski definition) is 2. The second-order valence-electron chi connectivity index (χ2n) is 4.74. The number of anilines is 1. The van der Waals surface area contributed by atoms with Crippen molar-refractivity contribution in [2.24, 2.45) is 0 Å². The van der Waals surface area contributed by atoms with Crippen molar-refractivity contribution >= 4 is 22.5 Å². The third-order valence-electron chi connectivity index (χ3n) is 3.29. The van der Waals surface area contributed by atoms with E-state index in [4.69, 9.17) is 0 Å². The fourth-order valence-electron chi connectivity index (χ4n) is 2.16. The molecule has 0 bridgehead atoms. The van der Waals surface area contributed by atoms with Crippen molar-refractivity contribution in [2.45, 2.75) is 20.3 Å². The minimum Gasteiger partial charge on any atom is -0.319 e. The molecule has 106 valence electrons. The Kier molecular flexibility index (Phi) is 3.35. The summed E-state index contributed by atoms with van der Waals surface area (Å²) in [6.07, 6.45) is 2.45. The molecule has 1 amide bonds. The van der Waals surface area contributed by atoms with Crippen molar-refractivity contribution in [3.63, 3.8) is 0 Å². The molecule has 0 atom stereocenters. The van der Waals surface area contributed by atoms with Crippen LogP contribution < -0.4 is 5.32 Å². The minimum absolute atomic E-state index is 0.143. The molecule has 0 saturated heterocycles. The molecular formula is C15H15N5O. The van der Waals surface area contributed by atoms with Crippen molar-refractivity contribution in [2.75, 3.05) is 5.32 Å². The van der Waals surface area contributed by atoms with Gasteiger partial charge in [0.05, 0.1) is 11.2 Å². The van der Waals surface area contributed by atoms with Gasteiger partial charge in [-0.25, -0.2) is 4.98 Å². The van der Waals surface area contributed by atoms with Crippen LogP contribution in [0.1, 0.15) is 28.9 Å². The quantitative estimate of drug-likeness (QED) is 0.772. The normalized spacial score (nSPS) is 10.8. The number of rotatable bonds is 3. The zero-order valence-electron chi connectivity index (χ0n) is 11.8. The number of carbonyl (C=O) groups excluding carboxylic acids is 1. The number of H-pyrrole nitrogens is 1. The van der Waals surface area contributed by atoms with E-state index in [0.717, 1.165) is 16.5 Å². The van der Waals surface area contributed by atoms with Gasteiger partial charge in [-0.1, -0.05) is 13.0 Å². The van der Waals surface area contributed by atoms with Gasteiger partial charge in [-0.3, -0.25) is 14.9 Å². The SMILES string of the molecule is CCc1nc(C(=O)Nc2ccc(C)c3ncccc23)n[nH]1. The maximum atomic E-state index is 12.2. The molecule has 6 nitrogen and oxygen atoms in total. The van der Waals surface area contributed by atoms with Gasteiger partial charge in [0.25, 0.3) is 5.91 Å². The van der Waals surface area contributed by atoms with Gasteiger partial charge in [0, 0.05) is 18.0 Å². The number of aryl methyl sites for hydroxylation is 2. The number of benzene rings is 1. The Balaban J connectivity index is 1.95. The molecule has 3 aromatic rings. The molecule has 0 fully saturated rings. The van der Waals surface area contributed by atoms with Crippen LogP contribution in [0.15, 0.2) is 30.5 Å². The molecule has 0 aliphatic carbocycles. The van der Waals surface area contributed by atoms with Gasteiger partial charge < -0.3 is 5.32 Å². The fourth-order valence-corrected chi connectivity index (χ4v) is 2.16. The highest BCUT2D eigenvalue weighted by atomic mass is 16.2. The molecule has 6 heteroatoms. The average Bonchev–Trinajstić information content (AvgIpc) is 2.99. The van der Waals surface area contributed by atoms with E-state index in [9.17, 15) is 4.79 Å². The molecule has 0 saturated carbocycles. The first kappa shape index (κ1) is 13.2. The summed E-state index contributed by atoms with van der Waals surface area (Å²) >= 11 is 0. The van der Waals surface area contributed by atoms with E-state index < -0.39 is 0 Å². The van der Waals surface area contributed by atoms with Crippen molar-refractivity contribution in [3.8, 4) is 0 Å². The number of hydrogen-bond acceptors (Lipinski definition) is 4. The lowest BCUT2D eigenvalue weighted by molar-refractivity contribution is 0.101. The fraction of sp³-hybridized carbons (Fsp3) is 0.200. The van der Waals surface area contributed by atoms with Crippen molar-refractivity contribution in [1.29, 1.82) is 0 Å². The topological polar surface area (TPSA) is 83.6 Å². The van der Waals surface area contributed by atoms with E-state index in [-0.39, 0.29) is 11.7 Å². The largest absolute Gasteiger partial charge is 0.319 e. The average molecular weight is 281 g/mol. The Bertz CT molecular complexity index is 809. The number of amides is 1. The van der Waals surface area contributed by atoms with Crippen LogP contribution in [-0.4, -0.2) is 26.1 Å². The van der Waals surface area contributed by atoms with Crippen LogP contribution in [-0.2, 0) is 6.42 Å². The molecule has 2 N–H and O–H groups in total. The number of nitrogens with one attached hydrogen (secondary N) is 2. The van der Waals surface area contributed by atoms with Crippen LogP contribution >= 0.6 is 0 Å². The van der Waals surface area contributed by atoms with Gasteiger partial charge in [-0.2, -0.15) is 0 Å². The van der Waals surface area contributed by atoms with Crippen LogP contribution in [0.4, 0.5) is 5.69 Å². The summed E-state index contributed by atoms with van der Waals surface area (Å²) in [6.45, 7) is 3.94. The smallest absolute Gasteiger partial charge is 0.295 e. The Morgan fingerprint density at radius 1 is 1.33 bits per heavy atom. The molecule has 0 aliphatic rings. The van der Waals surface area contributed by atoms with Gasteiger partial charge in [0.1, 0.15) is 5.82 Å². The zero-order valence-corrected chi connectivity index (χ0v) is 11.8. The summed E-state index contributed by atoms with van der Waals surface area (Å²) < 4.78 is 0. The van der Waals surface area contributed by atoms with Gasteiger partial charge >= 0.3 is 0 Å². The second kappa shape index (κ2) is 5.32. The van der Waals surface area contributed by atoms with Gasteiger partial charge in [0.15, 0.2) is 0 Å². The van der Waals surface area contributed by atoms with Crippen molar-refractivity contribution in [1.82, 2.24) is 20.2 Å². The first-order chi connectivity index (χ1) is 10.2. The van der Waals surface area contributed by atoms with Gasteiger partial charge in [-0.15, -0.1) is 5.10 Å². The summed E-state index contributed by atoms with van der Waals surface area (Å²) in [5.41, 5.74) is 2.64. The standard InChI is InChI=1S/C15H15N5O/c1-3-12-18-14(20-19-12)15(21)17-11-7-6-9(2)13-10(11)5-4-8-16-13/h4-8H,3H2,1-2H3,(H,17,21)(H,18,19,20). The molecule has 0 unspecified atom stereocenters. The Hall–Kier alpha value is -2.76.